The first kappa shape index (κ1) is 15.1. The van der Waals surface area contributed by atoms with E-state index in [0.717, 1.165) is 16.8 Å². The molecule has 0 fully saturated rings. The number of ether oxygens (including phenoxy) is 1. The van der Waals surface area contributed by atoms with Crippen molar-refractivity contribution in [2.24, 2.45) is 7.05 Å². The number of carbonyl (C=O) groups is 2. The van der Waals surface area contributed by atoms with Crippen LogP contribution in [-0.2, 0) is 31.4 Å². The Hall–Kier alpha value is -2.76. The molecule has 3 rings (SSSR count). The molecule has 1 N–H and O–H groups in total. The fourth-order valence-electron chi connectivity index (χ4n) is 2.87. The summed E-state index contributed by atoms with van der Waals surface area (Å²) in [5.74, 6) is -0.958. The van der Waals surface area contributed by atoms with Crippen LogP contribution in [-0.4, -0.2) is 33.2 Å². The van der Waals surface area contributed by atoms with E-state index in [1.165, 1.54) is 0 Å². The summed E-state index contributed by atoms with van der Waals surface area (Å²) in [7, 11) is 1.74. The maximum absolute atomic E-state index is 12.2. The number of hydrogen-bond acceptors (Lipinski definition) is 3. The highest BCUT2D eigenvalue weighted by molar-refractivity contribution is 5.86. The third-order valence-electron chi connectivity index (χ3n) is 4.11. The second-order valence-corrected chi connectivity index (χ2v) is 5.58. The Kier molecular flexibility index (Phi) is 4.06. The molecular formula is C17H18N2O4. The second-order valence-electron chi connectivity index (χ2n) is 5.58. The summed E-state index contributed by atoms with van der Waals surface area (Å²) in [5.41, 5.74) is 3.02. The average molecular weight is 314 g/mol. The number of benzene rings is 1. The van der Waals surface area contributed by atoms with Crippen LogP contribution in [0.3, 0.4) is 0 Å². The minimum atomic E-state index is -0.958. The Morgan fingerprint density at radius 3 is 2.70 bits per heavy atom. The Morgan fingerprint density at radius 2 is 2.00 bits per heavy atom. The zero-order valence-corrected chi connectivity index (χ0v) is 12.9. The number of aromatic carboxylic acids is 1. The standard InChI is InChI=1S/C17H18N2O4/c1-18-14-7-8-19(10-13(14)9-15(18)16(20)21)17(22)23-11-12-5-3-2-4-6-12/h2-6,9H,7-8,10-11H2,1H3,(H,20,21). The van der Waals surface area contributed by atoms with Gasteiger partial charge in [-0.25, -0.2) is 9.59 Å². The first-order valence-electron chi connectivity index (χ1n) is 7.42. The fraction of sp³-hybridized carbons (Fsp3) is 0.294. The monoisotopic (exact) mass is 314 g/mol. The van der Waals surface area contributed by atoms with Gasteiger partial charge >= 0.3 is 12.1 Å². The molecule has 0 unspecified atom stereocenters. The van der Waals surface area contributed by atoms with Gasteiger partial charge in [-0.2, -0.15) is 0 Å². The number of aromatic nitrogens is 1. The van der Waals surface area contributed by atoms with Crippen LogP contribution in [0, 0.1) is 0 Å². The normalized spacial score (nSPS) is 13.5. The van der Waals surface area contributed by atoms with Gasteiger partial charge in [-0.05, 0) is 17.2 Å². The zero-order valence-electron chi connectivity index (χ0n) is 12.9. The molecule has 1 aromatic carbocycles. The number of carbonyl (C=O) groups excluding carboxylic acids is 1. The lowest BCUT2D eigenvalue weighted by atomic mass is 10.1. The maximum Gasteiger partial charge on any atom is 0.410 e. The van der Waals surface area contributed by atoms with Gasteiger partial charge < -0.3 is 19.3 Å². The summed E-state index contributed by atoms with van der Waals surface area (Å²) in [5, 5.41) is 9.17. The van der Waals surface area contributed by atoms with Crippen LogP contribution >= 0.6 is 0 Å². The number of nitrogens with zero attached hydrogens (tertiary/aromatic N) is 2. The van der Waals surface area contributed by atoms with Crippen LogP contribution in [0.25, 0.3) is 0 Å². The van der Waals surface area contributed by atoms with E-state index in [1.54, 1.807) is 22.6 Å². The molecule has 2 aromatic rings. The molecule has 1 aliphatic heterocycles. The molecule has 1 aromatic heterocycles. The van der Waals surface area contributed by atoms with Gasteiger partial charge in [-0.3, -0.25) is 0 Å². The van der Waals surface area contributed by atoms with E-state index in [1.807, 2.05) is 30.3 Å². The van der Waals surface area contributed by atoms with E-state index >= 15 is 0 Å². The third-order valence-corrected chi connectivity index (χ3v) is 4.11. The highest BCUT2D eigenvalue weighted by atomic mass is 16.6. The van der Waals surface area contributed by atoms with Crippen molar-refractivity contribution in [1.82, 2.24) is 9.47 Å². The highest BCUT2D eigenvalue weighted by Gasteiger charge is 2.26. The number of amides is 1. The molecule has 6 nitrogen and oxygen atoms in total. The lowest BCUT2D eigenvalue weighted by Crippen LogP contribution is -2.36. The predicted molar refractivity (Wildman–Crippen MR) is 83.1 cm³/mol. The fourth-order valence-corrected chi connectivity index (χ4v) is 2.87. The zero-order chi connectivity index (χ0) is 16.4. The third kappa shape index (κ3) is 3.06. The van der Waals surface area contributed by atoms with E-state index in [-0.39, 0.29) is 18.4 Å². The number of carboxylic acid groups (broad SMARTS) is 1. The Bertz CT molecular complexity index is 737. The Labute approximate surface area is 133 Å². The second kappa shape index (κ2) is 6.16. The van der Waals surface area contributed by atoms with Crippen molar-refractivity contribution in [2.45, 2.75) is 19.6 Å². The molecule has 23 heavy (non-hydrogen) atoms. The van der Waals surface area contributed by atoms with Gasteiger partial charge in [0.25, 0.3) is 0 Å². The van der Waals surface area contributed by atoms with E-state index in [9.17, 15) is 14.7 Å². The lowest BCUT2D eigenvalue weighted by Gasteiger charge is -2.27. The quantitative estimate of drug-likeness (QED) is 0.944. The van der Waals surface area contributed by atoms with Gasteiger partial charge in [0.2, 0.25) is 0 Å². The number of hydrogen-bond donors (Lipinski definition) is 1. The molecule has 0 saturated carbocycles. The van der Waals surface area contributed by atoms with Crippen LogP contribution in [0.5, 0.6) is 0 Å². The van der Waals surface area contributed by atoms with Gasteiger partial charge in [0.05, 0.1) is 6.54 Å². The SMILES string of the molecule is Cn1c(C(=O)O)cc2c1CCN(C(=O)OCc1ccccc1)C2. The minimum absolute atomic E-state index is 0.234. The van der Waals surface area contributed by atoms with Crippen molar-refractivity contribution in [3.8, 4) is 0 Å². The summed E-state index contributed by atoms with van der Waals surface area (Å²) in [6.45, 7) is 1.14. The summed E-state index contributed by atoms with van der Waals surface area (Å²) in [6, 6.07) is 11.1. The van der Waals surface area contributed by atoms with Gasteiger partial charge in [0, 0.05) is 25.7 Å². The van der Waals surface area contributed by atoms with Gasteiger partial charge in [-0.15, -0.1) is 0 Å². The molecule has 1 amide bonds. The first-order valence-corrected chi connectivity index (χ1v) is 7.42. The Morgan fingerprint density at radius 1 is 1.26 bits per heavy atom. The summed E-state index contributed by atoms with van der Waals surface area (Å²) >= 11 is 0. The molecule has 2 heterocycles. The van der Waals surface area contributed by atoms with Crippen molar-refractivity contribution in [1.29, 1.82) is 0 Å². The Balaban J connectivity index is 1.66. The summed E-state index contributed by atoms with van der Waals surface area (Å²) in [4.78, 5) is 25.0. The van der Waals surface area contributed by atoms with Crippen LogP contribution in [0.15, 0.2) is 36.4 Å². The van der Waals surface area contributed by atoms with Crippen molar-refractivity contribution < 1.29 is 19.4 Å². The van der Waals surface area contributed by atoms with Crippen LogP contribution < -0.4 is 0 Å². The van der Waals surface area contributed by atoms with E-state index < -0.39 is 5.97 Å². The number of carboxylic acids is 1. The average Bonchev–Trinajstić information content (AvgIpc) is 2.90. The van der Waals surface area contributed by atoms with Crippen molar-refractivity contribution in [2.75, 3.05) is 6.54 Å². The van der Waals surface area contributed by atoms with Gasteiger partial charge in [0.1, 0.15) is 12.3 Å². The molecule has 1 aliphatic rings. The molecule has 6 heteroatoms. The lowest BCUT2D eigenvalue weighted by molar-refractivity contribution is 0.0685. The van der Waals surface area contributed by atoms with E-state index in [4.69, 9.17) is 4.74 Å². The van der Waals surface area contributed by atoms with Gasteiger partial charge in [-0.1, -0.05) is 30.3 Å². The molecule has 0 aliphatic carbocycles. The number of rotatable bonds is 3. The topological polar surface area (TPSA) is 71.8 Å². The molecular weight excluding hydrogens is 296 g/mol. The van der Waals surface area contributed by atoms with E-state index in [2.05, 4.69) is 0 Å². The van der Waals surface area contributed by atoms with Gasteiger partial charge in [0.15, 0.2) is 0 Å². The van der Waals surface area contributed by atoms with Crippen LogP contribution in [0.1, 0.15) is 27.3 Å². The molecule has 0 spiro atoms. The molecule has 0 saturated heterocycles. The molecule has 120 valence electrons. The summed E-state index contributed by atoms with van der Waals surface area (Å²) in [6.07, 6.45) is 0.250. The maximum atomic E-state index is 12.2. The molecule has 0 radical (unpaired) electrons. The van der Waals surface area contributed by atoms with Crippen LogP contribution in [0.4, 0.5) is 4.79 Å². The predicted octanol–water partition coefficient (Wildman–Crippen LogP) is 2.42. The van der Waals surface area contributed by atoms with E-state index in [0.29, 0.717) is 19.5 Å². The van der Waals surface area contributed by atoms with Crippen molar-refractivity contribution in [3.05, 3.63) is 58.9 Å². The van der Waals surface area contributed by atoms with Crippen LogP contribution in [0.2, 0.25) is 0 Å². The molecule has 0 bridgehead atoms. The van der Waals surface area contributed by atoms with Crippen molar-refractivity contribution >= 4 is 12.1 Å². The number of fused-ring (bicyclic) bond motifs is 1. The molecule has 0 atom stereocenters. The van der Waals surface area contributed by atoms with Crippen molar-refractivity contribution in [3.63, 3.8) is 0 Å². The summed E-state index contributed by atoms with van der Waals surface area (Å²) < 4.78 is 7.02. The minimum Gasteiger partial charge on any atom is -0.477 e. The first-order chi connectivity index (χ1) is 11.1. The smallest absolute Gasteiger partial charge is 0.410 e. The largest absolute Gasteiger partial charge is 0.477 e. The highest BCUT2D eigenvalue weighted by Crippen LogP contribution is 2.23.